The number of carbonyl (C=O) groups excluding carboxylic acids is 2. The van der Waals surface area contributed by atoms with Gasteiger partial charge >= 0.3 is 0 Å². The van der Waals surface area contributed by atoms with Crippen LogP contribution in [-0.4, -0.2) is 21.7 Å². The van der Waals surface area contributed by atoms with E-state index in [1.54, 1.807) is 12.1 Å². The van der Waals surface area contributed by atoms with Crippen LogP contribution in [0.25, 0.3) is 0 Å². The molecule has 5 nitrogen and oxygen atoms in total. The van der Waals surface area contributed by atoms with Gasteiger partial charge in [0.2, 0.25) is 5.91 Å². The smallest absolute Gasteiger partial charge is 0.272 e. The van der Waals surface area contributed by atoms with Crippen molar-refractivity contribution in [2.24, 2.45) is 0 Å². The van der Waals surface area contributed by atoms with Gasteiger partial charge in [0, 0.05) is 76.7 Å². The lowest BCUT2D eigenvalue weighted by molar-refractivity contribution is -0.120. The zero-order valence-electron chi connectivity index (χ0n) is 31.9. The minimum Gasteiger partial charge on any atom is -0.307 e. The van der Waals surface area contributed by atoms with Crippen molar-refractivity contribution in [3.05, 3.63) is 157 Å². The Labute approximate surface area is 338 Å². The fourth-order valence-corrected chi connectivity index (χ4v) is 8.05. The van der Waals surface area contributed by atoms with Crippen molar-refractivity contribution in [3.8, 4) is 0 Å². The second-order valence-electron chi connectivity index (χ2n) is 14.8. The van der Waals surface area contributed by atoms with E-state index < -0.39 is 53.6 Å². The predicted molar refractivity (Wildman–Crippen MR) is 206 cm³/mol. The maximum atomic E-state index is 14.7. The molecular formula is C44H38BrF8N3O2. The highest BCUT2D eigenvalue weighted by molar-refractivity contribution is 9.10. The van der Waals surface area contributed by atoms with Crippen LogP contribution in [-0.2, 0) is 47.2 Å². The zero-order valence-corrected chi connectivity index (χ0v) is 33.5. The first kappa shape index (κ1) is 42.6. The maximum Gasteiger partial charge on any atom is 0.272 e. The second kappa shape index (κ2) is 16.7. The third kappa shape index (κ3) is 9.01. The monoisotopic (exact) mass is 871 g/mol. The number of ketones is 1. The summed E-state index contributed by atoms with van der Waals surface area (Å²) >= 11 is 3.02. The molecule has 1 aliphatic carbocycles. The zero-order chi connectivity index (χ0) is 42.3. The van der Waals surface area contributed by atoms with Crippen LogP contribution in [0.4, 0.5) is 40.8 Å². The van der Waals surface area contributed by atoms with Gasteiger partial charge in [-0.2, -0.15) is 0 Å². The van der Waals surface area contributed by atoms with Crippen molar-refractivity contribution in [2.75, 3.05) is 4.90 Å². The van der Waals surface area contributed by atoms with Gasteiger partial charge in [-0.1, -0.05) is 34.1 Å². The van der Waals surface area contributed by atoms with Gasteiger partial charge in [0.1, 0.15) is 29.1 Å². The normalized spacial score (nSPS) is 17.2. The highest BCUT2D eigenvalue weighted by Crippen LogP contribution is 2.39. The van der Waals surface area contributed by atoms with Crippen molar-refractivity contribution in [3.63, 3.8) is 0 Å². The van der Waals surface area contributed by atoms with Crippen molar-refractivity contribution >= 4 is 33.3 Å². The number of alkyl halides is 4. The Morgan fingerprint density at radius 1 is 0.707 bits per heavy atom. The molecule has 2 unspecified atom stereocenters. The average Bonchev–Trinajstić information content (AvgIpc) is 3.39. The van der Waals surface area contributed by atoms with Gasteiger partial charge in [0.05, 0.1) is 18.2 Å². The highest BCUT2D eigenvalue weighted by atomic mass is 79.9. The van der Waals surface area contributed by atoms with Crippen molar-refractivity contribution < 1.29 is 44.7 Å². The minimum absolute atomic E-state index is 0.0876. The van der Waals surface area contributed by atoms with Crippen LogP contribution in [0, 0.1) is 37.1 Å². The van der Waals surface area contributed by atoms with E-state index in [2.05, 4.69) is 25.9 Å². The molecule has 1 aliphatic heterocycles. The number of benzene rings is 3. The molecule has 0 radical (unpaired) electrons. The van der Waals surface area contributed by atoms with E-state index in [1.165, 1.54) is 62.6 Å². The summed E-state index contributed by atoms with van der Waals surface area (Å²) in [6, 6.07) is 13.6. The molecule has 2 aromatic heterocycles. The van der Waals surface area contributed by atoms with Gasteiger partial charge in [-0.05, 0) is 104 Å². The molecule has 2 aliphatic rings. The lowest BCUT2D eigenvalue weighted by atomic mass is 9.89. The van der Waals surface area contributed by atoms with Crippen LogP contribution >= 0.6 is 15.9 Å². The average molecular weight is 873 g/mol. The molecule has 58 heavy (non-hydrogen) atoms. The first-order valence-electron chi connectivity index (χ1n) is 18.4. The van der Waals surface area contributed by atoms with Crippen molar-refractivity contribution in [1.82, 2.24) is 9.97 Å². The standard InChI is InChI=1S/C25H20BrF5N2O.C19H18F3NO/c1-13-19(25(2,30)31)8-14(11-32-13)16-6-7-17-20(27)4-3-5-23(17)33(24(16)34)12-18-21(28)9-15(26)10-22(18)29;1-11-16(19(2,21)22)8-13(10-23-11)15-7-6-14-12(9-18(15)24)4-3-5-17(14)20/h3-5,8-11,16H,6-7,12H2,1-2H3;3-5,8,10,15H,6-7,9H2,1-2H3. The molecule has 3 aromatic carbocycles. The largest absolute Gasteiger partial charge is 0.307 e. The van der Waals surface area contributed by atoms with E-state index in [9.17, 15) is 44.7 Å². The third-order valence-electron chi connectivity index (χ3n) is 10.7. The Morgan fingerprint density at radius 3 is 1.78 bits per heavy atom. The summed E-state index contributed by atoms with van der Waals surface area (Å²) in [5.41, 5.74) is 1.89. The number of rotatable bonds is 6. The first-order chi connectivity index (χ1) is 27.2. The van der Waals surface area contributed by atoms with Crippen molar-refractivity contribution in [1.29, 1.82) is 0 Å². The van der Waals surface area contributed by atoms with Gasteiger partial charge in [-0.3, -0.25) is 19.6 Å². The van der Waals surface area contributed by atoms with Gasteiger partial charge < -0.3 is 4.90 Å². The van der Waals surface area contributed by atoms with E-state index in [0.29, 0.717) is 29.5 Å². The third-order valence-corrected chi connectivity index (χ3v) is 11.1. The number of hydrogen-bond donors (Lipinski definition) is 0. The van der Waals surface area contributed by atoms with Crippen LogP contribution in [0.1, 0.15) is 94.4 Å². The Kier molecular flexibility index (Phi) is 12.3. The molecular weight excluding hydrogens is 834 g/mol. The van der Waals surface area contributed by atoms with Crippen LogP contribution in [0.15, 0.2) is 77.5 Å². The van der Waals surface area contributed by atoms with Gasteiger partial charge in [0.15, 0.2) is 0 Å². The number of anilines is 1. The summed E-state index contributed by atoms with van der Waals surface area (Å²) in [5.74, 6) is -11.0. The minimum atomic E-state index is -3.18. The van der Waals surface area contributed by atoms with Gasteiger partial charge in [-0.25, -0.2) is 35.1 Å². The van der Waals surface area contributed by atoms with Gasteiger partial charge in [-0.15, -0.1) is 0 Å². The summed E-state index contributed by atoms with van der Waals surface area (Å²) in [6.07, 6.45) is 4.00. The summed E-state index contributed by atoms with van der Waals surface area (Å²) in [7, 11) is 0. The first-order valence-corrected chi connectivity index (χ1v) is 19.2. The molecule has 304 valence electrons. The Hall–Kier alpha value is -4.98. The number of amides is 1. The second-order valence-corrected chi connectivity index (χ2v) is 15.7. The number of fused-ring (bicyclic) bond motifs is 2. The molecule has 5 aromatic rings. The number of pyridine rings is 2. The number of carbonyl (C=O) groups is 2. The molecule has 1 amide bonds. The molecule has 0 saturated heterocycles. The highest BCUT2D eigenvalue weighted by Gasteiger charge is 2.36. The molecule has 0 spiro atoms. The molecule has 7 rings (SSSR count). The fourth-order valence-electron chi connectivity index (χ4n) is 7.65. The molecule has 3 heterocycles. The number of Topliss-reactive ketones (excluding diaryl/α,β-unsaturated/α-hetero) is 1. The quantitative estimate of drug-likeness (QED) is 0.126. The van der Waals surface area contributed by atoms with Crippen molar-refractivity contribution in [2.45, 2.75) is 90.0 Å². The number of aromatic nitrogens is 2. The summed E-state index contributed by atoms with van der Waals surface area (Å²) in [4.78, 5) is 35.5. The maximum absolute atomic E-state index is 14.7. The summed E-state index contributed by atoms with van der Waals surface area (Å²) < 4.78 is 114. The molecule has 14 heteroatoms. The molecule has 0 bridgehead atoms. The predicted octanol–water partition coefficient (Wildman–Crippen LogP) is 11.4. The topological polar surface area (TPSA) is 63.2 Å². The SMILES string of the molecule is Cc1ncc(C2CCc3c(F)cccc3CC2=O)cc1C(C)(F)F.Cc1ncc(C2CCc3c(F)cccc3N(Cc3c(F)cc(Br)cc3F)C2=O)cc1C(C)(F)F. The lowest BCUT2D eigenvalue weighted by Crippen LogP contribution is -2.35. The molecule has 0 N–H and O–H groups in total. The van der Waals surface area contributed by atoms with E-state index in [1.807, 2.05) is 0 Å². The summed E-state index contributed by atoms with van der Waals surface area (Å²) in [6.45, 7) is 4.04. The summed E-state index contributed by atoms with van der Waals surface area (Å²) in [5, 5.41) is 0. The van der Waals surface area contributed by atoms with Crippen LogP contribution < -0.4 is 4.90 Å². The lowest BCUT2D eigenvalue weighted by Gasteiger charge is -2.27. The Morgan fingerprint density at radius 2 is 1.21 bits per heavy atom. The van der Waals surface area contributed by atoms with E-state index in [0.717, 1.165) is 30.9 Å². The number of nitrogens with zero attached hydrogens (tertiary/aromatic N) is 3. The molecule has 2 atom stereocenters. The molecule has 0 fully saturated rings. The van der Waals surface area contributed by atoms with E-state index in [-0.39, 0.29) is 80.2 Å². The fraction of sp³-hybridized carbons (Fsp3) is 0.318. The number of halogens is 9. The van der Waals surface area contributed by atoms with E-state index in [4.69, 9.17) is 0 Å². The van der Waals surface area contributed by atoms with Gasteiger partial charge in [0.25, 0.3) is 11.8 Å². The Bertz CT molecular complexity index is 2370. The van der Waals surface area contributed by atoms with E-state index >= 15 is 0 Å². The van der Waals surface area contributed by atoms with Crippen LogP contribution in [0.2, 0.25) is 0 Å². The van der Waals surface area contributed by atoms with Crippen LogP contribution in [0.3, 0.4) is 0 Å². The number of aryl methyl sites for hydroxylation is 2. The number of hydrogen-bond acceptors (Lipinski definition) is 4. The van der Waals surface area contributed by atoms with Crippen LogP contribution in [0.5, 0.6) is 0 Å². The Balaban J connectivity index is 0.000000208. The molecule has 0 saturated carbocycles.